The van der Waals surface area contributed by atoms with Crippen LogP contribution in [0.5, 0.6) is 0 Å². The predicted octanol–water partition coefficient (Wildman–Crippen LogP) is 4.09. The number of aliphatic imine (C=N–C) groups is 1. The first kappa shape index (κ1) is 25.7. The van der Waals surface area contributed by atoms with Gasteiger partial charge in [-0.2, -0.15) is 0 Å². The molecule has 1 aromatic heterocycles. The highest BCUT2D eigenvalue weighted by Gasteiger charge is 2.26. The Bertz CT molecular complexity index is 800. The van der Waals surface area contributed by atoms with E-state index in [1.54, 1.807) is 25.3 Å². The van der Waals surface area contributed by atoms with Gasteiger partial charge in [0.05, 0.1) is 19.4 Å². The van der Waals surface area contributed by atoms with Crippen molar-refractivity contribution in [3.8, 4) is 0 Å². The number of hydrogen-bond donors (Lipinski definition) is 3. The number of aliphatic hydroxyl groups is 1. The molecular formula is C24H37IN4O2. The van der Waals surface area contributed by atoms with Gasteiger partial charge in [0, 0.05) is 13.1 Å². The molecule has 2 heterocycles. The zero-order chi connectivity index (χ0) is 21.4. The van der Waals surface area contributed by atoms with E-state index in [0.29, 0.717) is 24.8 Å². The van der Waals surface area contributed by atoms with Gasteiger partial charge in [-0.05, 0) is 69.0 Å². The fourth-order valence-electron chi connectivity index (χ4n) is 3.74. The Morgan fingerprint density at radius 3 is 2.61 bits per heavy atom. The Labute approximate surface area is 203 Å². The quantitative estimate of drug-likeness (QED) is 0.267. The molecule has 7 heteroatoms. The Morgan fingerprint density at radius 1 is 1.19 bits per heavy atom. The molecule has 1 atom stereocenters. The van der Waals surface area contributed by atoms with Crippen molar-refractivity contribution in [2.45, 2.75) is 52.3 Å². The van der Waals surface area contributed by atoms with Crippen LogP contribution in [0.3, 0.4) is 0 Å². The first-order chi connectivity index (χ1) is 14.5. The van der Waals surface area contributed by atoms with Crippen molar-refractivity contribution in [3.63, 3.8) is 0 Å². The monoisotopic (exact) mass is 540 g/mol. The lowest BCUT2D eigenvalue weighted by Gasteiger charge is -2.30. The maximum atomic E-state index is 10.6. The van der Waals surface area contributed by atoms with Crippen LogP contribution in [-0.2, 0) is 18.7 Å². The predicted molar refractivity (Wildman–Crippen MR) is 137 cm³/mol. The molecule has 6 nitrogen and oxygen atoms in total. The van der Waals surface area contributed by atoms with Gasteiger partial charge < -0.3 is 20.2 Å². The highest BCUT2D eigenvalue weighted by Crippen LogP contribution is 2.20. The molecule has 3 rings (SSSR count). The van der Waals surface area contributed by atoms with Crippen LogP contribution in [0.1, 0.15) is 50.5 Å². The zero-order valence-electron chi connectivity index (χ0n) is 18.9. The summed E-state index contributed by atoms with van der Waals surface area (Å²) >= 11 is 0. The van der Waals surface area contributed by atoms with Crippen molar-refractivity contribution in [1.29, 1.82) is 0 Å². The Hall–Kier alpha value is -1.58. The van der Waals surface area contributed by atoms with Gasteiger partial charge in [-0.15, -0.1) is 24.0 Å². The van der Waals surface area contributed by atoms with Gasteiger partial charge in [-0.1, -0.05) is 31.2 Å². The normalized spacial score (nSPS) is 17.6. The second-order valence-corrected chi connectivity index (χ2v) is 8.58. The van der Waals surface area contributed by atoms with Crippen LogP contribution < -0.4 is 10.6 Å². The Morgan fingerprint density at radius 2 is 1.94 bits per heavy atom. The molecular weight excluding hydrogens is 503 g/mol. The van der Waals surface area contributed by atoms with E-state index in [9.17, 15) is 5.11 Å². The highest BCUT2D eigenvalue weighted by atomic mass is 127. The van der Waals surface area contributed by atoms with Crippen molar-refractivity contribution >= 4 is 29.9 Å². The van der Waals surface area contributed by atoms with E-state index < -0.39 is 5.60 Å². The molecule has 2 aromatic rings. The van der Waals surface area contributed by atoms with E-state index in [2.05, 4.69) is 46.7 Å². The van der Waals surface area contributed by atoms with Crippen LogP contribution >= 0.6 is 24.0 Å². The third-order valence-corrected chi connectivity index (χ3v) is 5.69. The van der Waals surface area contributed by atoms with Crippen molar-refractivity contribution in [1.82, 2.24) is 15.5 Å². The minimum absolute atomic E-state index is 0. The second kappa shape index (κ2) is 12.5. The lowest BCUT2D eigenvalue weighted by Crippen LogP contribution is -2.44. The maximum absolute atomic E-state index is 10.6. The average molecular weight is 540 g/mol. The summed E-state index contributed by atoms with van der Waals surface area (Å²) in [7, 11) is 0. The van der Waals surface area contributed by atoms with Crippen LogP contribution in [0.15, 0.2) is 52.1 Å². The summed E-state index contributed by atoms with van der Waals surface area (Å²) in [6, 6.07) is 12.3. The Kier molecular flexibility index (Phi) is 10.3. The van der Waals surface area contributed by atoms with Crippen molar-refractivity contribution in [3.05, 3.63) is 59.5 Å². The van der Waals surface area contributed by atoms with Gasteiger partial charge in [0.1, 0.15) is 11.4 Å². The van der Waals surface area contributed by atoms with Gasteiger partial charge in [0.2, 0.25) is 0 Å². The van der Waals surface area contributed by atoms with Crippen molar-refractivity contribution in [2.24, 2.45) is 10.9 Å². The third kappa shape index (κ3) is 8.12. The first-order valence-corrected chi connectivity index (χ1v) is 11.0. The van der Waals surface area contributed by atoms with Gasteiger partial charge in [0.25, 0.3) is 0 Å². The molecule has 0 aliphatic carbocycles. The molecule has 1 aromatic carbocycles. The number of rotatable bonds is 8. The molecule has 31 heavy (non-hydrogen) atoms. The van der Waals surface area contributed by atoms with Crippen molar-refractivity contribution < 1.29 is 9.52 Å². The van der Waals surface area contributed by atoms with Crippen LogP contribution in [-0.4, -0.2) is 42.1 Å². The van der Waals surface area contributed by atoms with Gasteiger partial charge >= 0.3 is 0 Å². The second-order valence-electron chi connectivity index (χ2n) is 8.58. The van der Waals surface area contributed by atoms with Crippen molar-refractivity contribution in [2.75, 3.05) is 26.2 Å². The average Bonchev–Trinajstić information content (AvgIpc) is 3.28. The molecule has 1 unspecified atom stereocenters. The lowest BCUT2D eigenvalue weighted by molar-refractivity contribution is 0.0386. The SMILES string of the molecule is CCNC(=NCc1cccc(CN2CCC(C)CC2)c1)NCC(C)(O)c1ccco1.I. The van der Waals surface area contributed by atoms with E-state index in [0.717, 1.165) is 19.0 Å². The summed E-state index contributed by atoms with van der Waals surface area (Å²) in [5, 5.41) is 17.1. The molecule has 1 aliphatic rings. The number of piperidine rings is 1. The topological polar surface area (TPSA) is 73.0 Å². The molecule has 0 saturated carbocycles. The molecule has 0 bridgehead atoms. The minimum Gasteiger partial charge on any atom is -0.466 e. The lowest BCUT2D eigenvalue weighted by atomic mass is 9.98. The van der Waals surface area contributed by atoms with E-state index in [1.807, 2.05) is 6.92 Å². The smallest absolute Gasteiger partial charge is 0.191 e. The summed E-state index contributed by atoms with van der Waals surface area (Å²) in [6.45, 7) is 11.1. The van der Waals surface area contributed by atoms with Crippen LogP contribution in [0.25, 0.3) is 0 Å². The number of benzene rings is 1. The summed E-state index contributed by atoms with van der Waals surface area (Å²) in [6.07, 6.45) is 4.16. The van der Waals surface area contributed by atoms with Crippen LogP contribution in [0.4, 0.5) is 0 Å². The highest BCUT2D eigenvalue weighted by molar-refractivity contribution is 14.0. The van der Waals surface area contributed by atoms with E-state index in [-0.39, 0.29) is 24.0 Å². The van der Waals surface area contributed by atoms with Crippen LogP contribution in [0.2, 0.25) is 0 Å². The zero-order valence-corrected chi connectivity index (χ0v) is 21.3. The number of hydrogen-bond acceptors (Lipinski definition) is 4. The molecule has 1 saturated heterocycles. The molecule has 1 fully saturated rings. The fourth-order valence-corrected chi connectivity index (χ4v) is 3.74. The van der Waals surface area contributed by atoms with Gasteiger partial charge in [0.15, 0.2) is 5.96 Å². The van der Waals surface area contributed by atoms with E-state index >= 15 is 0 Å². The molecule has 172 valence electrons. The molecule has 3 N–H and O–H groups in total. The number of guanidine groups is 1. The number of likely N-dealkylation sites (tertiary alicyclic amines) is 1. The van der Waals surface area contributed by atoms with E-state index in [4.69, 9.17) is 9.41 Å². The summed E-state index contributed by atoms with van der Waals surface area (Å²) < 4.78 is 5.35. The number of furan rings is 1. The standard InChI is InChI=1S/C24H36N4O2.HI/c1-4-25-23(27-18-24(3,29)22-9-6-14-30-22)26-16-20-7-5-8-21(15-20)17-28-12-10-19(2)11-13-28;/h5-9,14-15,19,29H,4,10-13,16-18H2,1-3H3,(H2,25,26,27);1H. The Balaban J connectivity index is 0.00000341. The fraction of sp³-hybridized carbons (Fsp3) is 0.542. The molecule has 0 amide bonds. The number of halogens is 1. The largest absolute Gasteiger partial charge is 0.466 e. The molecule has 0 spiro atoms. The van der Waals surface area contributed by atoms with E-state index in [1.165, 1.54) is 37.1 Å². The number of nitrogens with zero attached hydrogens (tertiary/aromatic N) is 2. The first-order valence-electron chi connectivity index (χ1n) is 11.0. The van der Waals surface area contributed by atoms with Gasteiger partial charge in [-0.3, -0.25) is 4.90 Å². The summed E-state index contributed by atoms with van der Waals surface area (Å²) in [5.41, 5.74) is 1.43. The maximum Gasteiger partial charge on any atom is 0.191 e. The summed E-state index contributed by atoms with van der Waals surface area (Å²) in [5.74, 6) is 2.07. The molecule has 1 aliphatic heterocycles. The summed E-state index contributed by atoms with van der Waals surface area (Å²) in [4.78, 5) is 7.25. The molecule has 0 radical (unpaired) electrons. The van der Waals surface area contributed by atoms with Crippen LogP contribution in [0, 0.1) is 5.92 Å². The van der Waals surface area contributed by atoms with Gasteiger partial charge in [-0.25, -0.2) is 4.99 Å². The minimum atomic E-state index is -1.11. The third-order valence-electron chi connectivity index (χ3n) is 5.69. The number of nitrogens with one attached hydrogen (secondary N) is 2.